The number of rotatable bonds is 1. The minimum atomic E-state index is -0.132. The Kier molecular flexibility index (Phi) is 2.41. The zero-order chi connectivity index (χ0) is 14.4. The van der Waals surface area contributed by atoms with E-state index in [9.17, 15) is 4.79 Å². The molecule has 0 saturated heterocycles. The van der Waals surface area contributed by atoms with Crippen LogP contribution in [0, 0.1) is 0 Å². The SMILES string of the molecule is Nc1cccc(-c2cc(=O)c3ccc4c(c3o2)OCO4)c1. The van der Waals surface area contributed by atoms with Gasteiger partial charge in [0, 0.05) is 17.3 Å². The van der Waals surface area contributed by atoms with Crippen LogP contribution in [-0.2, 0) is 0 Å². The van der Waals surface area contributed by atoms with Gasteiger partial charge in [0.15, 0.2) is 16.8 Å². The Balaban J connectivity index is 2.02. The Morgan fingerprint density at radius 3 is 2.81 bits per heavy atom. The fourth-order valence-corrected chi connectivity index (χ4v) is 2.41. The predicted octanol–water partition coefficient (Wildman–Crippen LogP) is 2.77. The number of ether oxygens (including phenoxy) is 2. The number of nitrogen functional groups attached to an aromatic ring is 1. The lowest BCUT2D eigenvalue weighted by Crippen LogP contribution is -2.01. The van der Waals surface area contributed by atoms with Crippen molar-refractivity contribution in [2.75, 3.05) is 12.5 Å². The van der Waals surface area contributed by atoms with Crippen molar-refractivity contribution in [2.45, 2.75) is 0 Å². The molecule has 0 atom stereocenters. The van der Waals surface area contributed by atoms with Crippen LogP contribution in [0.2, 0.25) is 0 Å². The van der Waals surface area contributed by atoms with Crippen LogP contribution in [-0.4, -0.2) is 6.79 Å². The Morgan fingerprint density at radius 2 is 1.95 bits per heavy atom. The van der Waals surface area contributed by atoms with Crippen LogP contribution in [0.1, 0.15) is 0 Å². The number of hydrogen-bond donors (Lipinski definition) is 1. The number of nitrogens with two attached hydrogens (primary N) is 1. The van der Waals surface area contributed by atoms with E-state index in [1.165, 1.54) is 6.07 Å². The van der Waals surface area contributed by atoms with Gasteiger partial charge < -0.3 is 19.6 Å². The summed E-state index contributed by atoms with van der Waals surface area (Å²) in [6.07, 6.45) is 0. The fourth-order valence-electron chi connectivity index (χ4n) is 2.41. The first-order chi connectivity index (χ1) is 10.2. The average Bonchev–Trinajstić information content (AvgIpc) is 2.96. The summed E-state index contributed by atoms with van der Waals surface area (Å²) >= 11 is 0. The maximum atomic E-state index is 12.3. The highest BCUT2D eigenvalue weighted by Gasteiger charge is 2.20. The van der Waals surface area contributed by atoms with E-state index in [1.807, 2.05) is 12.1 Å². The van der Waals surface area contributed by atoms with Gasteiger partial charge in [0.05, 0.1) is 5.39 Å². The third-order valence-corrected chi connectivity index (χ3v) is 3.40. The van der Waals surface area contributed by atoms with Crippen molar-refractivity contribution in [1.82, 2.24) is 0 Å². The molecule has 21 heavy (non-hydrogen) atoms. The molecule has 0 bridgehead atoms. The van der Waals surface area contributed by atoms with E-state index < -0.39 is 0 Å². The quantitative estimate of drug-likeness (QED) is 0.694. The van der Waals surface area contributed by atoms with E-state index in [0.29, 0.717) is 33.9 Å². The Labute approximate surface area is 119 Å². The number of fused-ring (bicyclic) bond motifs is 3. The summed E-state index contributed by atoms with van der Waals surface area (Å²) in [6, 6.07) is 12.0. The Morgan fingerprint density at radius 1 is 1.05 bits per heavy atom. The van der Waals surface area contributed by atoms with Gasteiger partial charge in [0.25, 0.3) is 0 Å². The zero-order valence-corrected chi connectivity index (χ0v) is 11.0. The molecule has 0 spiro atoms. The maximum absolute atomic E-state index is 12.3. The summed E-state index contributed by atoms with van der Waals surface area (Å²) in [5.41, 5.74) is 7.38. The van der Waals surface area contributed by atoms with E-state index in [1.54, 1.807) is 24.3 Å². The number of benzene rings is 2. The first kappa shape index (κ1) is 11.8. The largest absolute Gasteiger partial charge is 0.453 e. The van der Waals surface area contributed by atoms with Crippen molar-refractivity contribution in [3.63, 3.8) is 0 Å². The summed E-state index contributed by atoms with van der Waals surface area (Å²) in [6.45, 7) is 0.126. The van der Waals surface area contributed by atoms with Crippen molar-refractivity contribution in [3.05, 3.63) is 52.7 Å². The molecule has 1 aromatic heterocycles. The monoisotopic (exact) mass is 281 g/mol. The molecule has 3 aromatic rings. The molecule has 0 unspecified atom stereocenters. The molecule has 5 nitrogen and oxygen atoms in total. The molecular weight excluding hydrogens is 270 g/mol. The summed E-state index contributed by atoms with van der Waals surface area (Å²) in [4.78, 5) is 12.3. The molecule has 1 aliphatic heterocycles. The third-order valence-electron chi connectivity index (χ3n) is 3.40. The minimum Gasteiger partial charge on any atom is -0.453 e. The van der Waals surface area contributed by atoms with E-state index >= 15 is 0 Å². The molecule has 0 amide bonds. The lowest BCUT2D eigenvalue weighted by Gasteiger charge is -2.06. The van der Waals surface area contributed by atoms with Crippen LogP contribution >= 0.6 is 0 Å². The summed E-state index contributed by atoms with van der Waals surface area (Å²) in [5.74, 6) is 1.49. The second kappa shape index (κ2) is 4.28. The lowest BCUT2D eigenvalue weighted by atomic mass is 10.1. The van der Waals surface area contributed by atoms with Crippen molar-refractivity contribution in [2.24, 2.45) is 0 Å². The van der Waals surface area contributed by atoms with Crippen LogP contribution < -0.4 is 20.6 Å². The van der Waals surface area contributed by atoms with Crippen LogP contribution in [0.5, 0.6) is 11.5 Å². The van der Waals surface area contributed by atoms with Gasteiger partial charge in [-0.15, -0.1) is 0 Å². The van der Waals surface area contributed by atoms with Gasteiger partial charge in [-0.1, -0.05) is 12.1 Å². The van der Waals surface area contributed by atoms with E-state index in [2.05, 4.69) is 0 Å². The highest BCUT2D eigenvalue weighted by Crippen LogP contribution is 2.39. The van der Waals surface area contributed by atoms with E-state index in [0.717, 1.165) is 5.56 Å². The van der Waals surface area contributed by atoms with Crippen molar-refractivity contribution in [3.8, 4) is 22.8 Å². The summed E-state index contributed by atoms with van der Waals surface area (Å²) < 4.78 is 16.6. The molecule has 0 radical (unpaired) electrons. The molecule has 0 aliphatic carbocycles. The molecular formula is C16H11NO4. The molecule has 0 saturated carbocycles. The van der Waals surface area contributed by atoms with Crippen LogP contribution in [0.15, 0.2) is 51.7 Å². The molecule has 2 heterocycles. The smallest absolute Gasteiger partial charge is 0.231 e. The molecule has 5 heteroatoms. The third kappa shape index (κ3) is 1.82. The number of anilines is 1. The second-order valence-corrected chi connectivity index (χ2v) is 4.78. The van der Waals surface area contributed by atoms with E-state index in [-0.39, 0.29) is 12.2 Å². The van der Waals surface area contributed by atoms with Crippen LogP contribution in [0.25, 0.3) is 22.3 Å². The molecule has 1 aliphatic rings. The second-order valence-electron chi connectivity index (χ2n) is 4.78. The minimum absolute atomic E-state index is 0.126. The molecule has 104 valence electrons. The first-order valence-electron chi connectivity index (χ1n) is 6.45. The van der Waals surface area contributed by atoms with Crippen molar-refractivity contribution < 1.29 is 13.9 Å². The van der Waals surface area contributed by atoms with Crippen molar-refractivity contribution >= 4 is 16.7 Å². The zero-order valence-electron chi connectivity index (χ0n) is 11.0. The molecule has 2 N–H and O–H groups in total. The topological polar surface area (TPSA) is 74.7 Å². The summed E-state index contributed by atoms with van der Waals surface area (Å²) in [7, 11) is 0. The predicted molar refractivity (Wildman–Crippen MR) is 78.5 cm³/mol. The Bertz CT molecular complexity index is 914. The van der Waals surface area contributed by atoms with Gasteiger partial charge in [0.1, 0.15) is 5.76 Å². The molecule has 0 fully saturated rings. The normalized spacial score (nSPS) is 12.8. The van der Waals surface area contributed by atoms with Gasteiger partial charge in [-0.25, -0.2) is 0 Å². The standard InChI is InChI=1S/C16H11NO4/c17-10-3-1-2-9(6-10)14-7-12(18)11-4-5-13-16(15(11)21-14)20-8-19-13/h1-7H,8,17H2. The highest BCUT2D eigenvalue weighted by molar-refractivity contribution is 5.87. The highest BCUT2D eigenvalue weighted by atomic mass is 16.7. The van der Waals surface area contributed by atoms with Gasteiger partial charge >= 0.3 is 0 Å². The number of hydrogen-bond acceptors (Lipinski definition) is 5. The lowest BCUT2D eigenvalue weighted by molar-refractivity contribution is 0.174. The van der Waals surface area contributed by atoms with Gasteiger partial charge in [-0.3, -0.25) is 4.79 Å². The van der Waals surface area contributed by atoms with Gasteiger partial charge in [0.2, 0.25) is 12.5 Å². The first-order valence-corrected chi connectivity index (χ1v) is 6.45. The van der Waals surface area contributed by atoms with Crippen molar-refractivity contribution in [1.29, 1.82) is 0 Å². The molecule has 4 rings (SSSR count). The summed E-state index contributed by atoms with van der Waals surface area (Å²) in [5, 5.41) is 0.465. The van der Waals surface area contributed by atoms with Crippen LogP contribution in [0.3, 0.4) is 0 Å². The van der Waals surface area contributed by atoms with E-state index in [4.69, 9.17) is 19.6 Å². The fraction of sp³-hybridized carbons (Fsp3) is 0.0625. The van der Waals surface area contributed by atoms with Gasteiger partial charge in [-0.05, 0) is 24.3 Å². The van der Waals surface area contributed by atoms with Crippen LogP contribution in [0.4, 0.5) is 5.69 Å². The maximum Gasteiger partial charge on any atom is 0.231 e. The Hall–Kier alpha value is -2.95. The van der Waals surface area contributed by atoms with Gasteiger partial charge in [-0.2, -0.15) is 0 Å². The average molecular weight is 281 g/mol. The molecule has 2 aromatic carbocycles.